The van der Waals surface area contributed by atoms with Crippen molar-refractivity contribution in [1.29, 1.82) is 0 Å². The number of hydrogen-bond donors (Lipinski definition) is 3. The third-order valence-corrected chi connectivity index (χ3v) is 5.52. The zero-order valence-electron chi connectivity index (χ0n) is 13.9. The highest BCUT2D eigenvalue weighted by atomic mass is 32.2. The van der Waals surface area contributed by atoms with E-state index >= 15 is 0 Å². The predicted octanol–water partition coefficient (Wildman–Crippen LogP) is 0.997. The summed E-state index contributed by atoms with van der Waals surface area (Å²) in [6, 6.07) is 4.35. The minimum Gasteiger partial charge on any atom is -0.353 e. The van der Waals surface area contributed by atoms with Crippen molar-refractivity contribution in [2.24, 2.45) is 5.92 Å². The van der Waals surface area contributed by atoms with Gasteiger partial charge in [-0.3, -0.25) is 4.79 Å². The van der Waals surface area contributed by atoms with Crippen molar-refractivity contribution in [3.63, 3.8) is 0 Å². The molecule has 24 heavy (non-hydrogen) atoms. The normalized spacial score (nSPS) is 19.4. The quantitative estimate of drug-likeness (QED) is 0.679. The highest BCUT2D eigenvalue weighted by Crippen LogP contribution is 2.15. The molecule has 6 nitrogen and oxygen atoms in total. The predicted molar refractivity (Wildman–Crippen MR) is 89.4 cm³/mol. The van der Waals surface area contributed by atoms with E-state index in [2.05, 4.69) is 15.4 Å². The van der Waals surface area contributed by atoms with E-state index in [1.54, 1.807) is 13.8 Å². The monoisotopic (exact) mass is 357 g/mol. The van der Waals surface area contributed by atoms with Crippen molar-refractivity contribution < 1.29 is 17.6 Å². The van der Waals surface area contributed by atoms with Gasteiger partial charge in [0.2, 0.25) is 15.9 Å². The number of carbonyl (C=O) groups excluding carboxylic acids is 1. The number of carbonyl (C=O) groups is 1. The van der Waals surface area contributed by atoms with Gasteiger partial charge in [0.05, 0.1) is 0 Å². The summed E-state index contributed by atoms with van der Waals surface area (Å²) in [7, 11) is -4.12. The van der Waals surface area contributed by atoms with E-state index in [9.17, 15) is 17.6 Å². The molecule has 1 heterocycles. The third kappa shape index (κ3) is 4.75. The molecule has 1 aliphatic rings. The standard InChI is InChI=1S/C16H24FN3O3S/c1-11(2)15(16(21)19-10-12-6-5-9-18-12)20-24(22,23)14-8-4-3-7-13(14)17/h3-4,7-8,11-12,15,18,20H,5-6,9-10H2,1-2H3,(H,19,21). The fraction of sp³-hybridized carbons (Fsp3) is 0.562. The van der Waals surface area contributed by atoms with Gasteiger partial charge in [-0.25, -0.2) is 12.8 Å². The van der Waals surface area contributed by atoms with Crippen LogP contribution in [0.3, 0.4) is 0 Å². The maximum atomic E-state index is 13.8. The van der Waals surface area contributed by atoms with Gasteiger partial charge in [0.15, 0.2) is 0 Å². The molecule has 0 bridgehead atoms. The van der Waals surface area contributed by atoms with E-state index in [1.807, 2.05) is 0 Å². The Bertz CT molecular complexity index is 673. The molecule has 1 saturated heterocycles. The average molecular weight is 357 g/mol. The maximum absolute atomic E-state index is 13.8. The summed E-state index contributed by atoms with van der Waals surface area (Å²) in [4.78, 5) is 11.9. The summed E-state index contributed by atoms with van der Waals surface area (Å²) in [6.07, 6.45) is 2.04. The van der Waals surface area contributed by atoms with Gasteiger partial charge < -0.3 is 10.6 Å². The first-order valence-electron chi connectivity index (χ1n) is 8.09. The largest absolute Gasteiger partial charge is 0.353 e. The topological polar surface area (TPSA) is 87.3 Å². The number of benzene rings is 1. The summed E-state index contributed by atoms with van der Waals surface area (Å²) >= 11 is 0. The molecule has 1 aliphatic heterocycles. The van der Waals surface area contributed by atoms with Crippen LogP contribution in [0.4, 0.5) is 4.39 Å². The zero-order valence-corrected chi connectivity index (χ0v) is 14.7. The van der Waals surface area contributed by atoms with Crippen LogP contribution in [-0.4, -0.2) is 39.5 Å². The Labute approximate surface area is 142 Å². The first-order valence-corrected chi connectivity index (χ1v) is 9.57. The van der Waals surface area contributed by atoms with Crippen molar-refractivity contribution in [3.05, 3.63) is 30.1 Å². The Morgan fingerprint density at radius 2 is 2.08 bits per heavy atom. The maximum Gasteiger partial charge on any atom is 0.244 e. The van der Waals surface area contributed by atoms with E-state index in [0.717, 1.165) is 25.5 Å². The third-order valence-electron chi connectivity index (χ3n) is 4.04. The van der Waals surface area contributed by atoms with E-state index in [1.165, 1.54) is 18.2 Å². The summed E-state index contributed by atoms with van der Waals surface area (Å²) < 4.78 is 40.9. The van der Waals surface area contributed by atoms with Crippen LogP contribution in [0.25, 0.3) is 0 Å². The number of nitrogens with one attached hydrogen (secondary N) is 3. The minimum atomic E-state index is -4.12. The number of amides is 1. The van der Waals surface area contributed by atoms with Crippen molar-refractivity contribution in [2.45, 2.75) is 43.7 Å². The van der Waals surface area contributed by atoms with Crippen LogP contribution in [0, 0.1) is 11.7 Å². The first-order chi connectivity index (χ1) is 11.3. The van der Waals surface area contributed by atoms with Gasteiger partial charge in [0.25, 0.3) is 0 Å². The van der Waals surface area contributed by atoms with Crippen LogP contribution in [-0.2, 0) is 14.8 Å². The van der Waals surface area contributed by atoms with Crippen molar-refractivity contribution >= 4 is 15.9 Å². The van der Waals surface area contributed by atoms with Crippen LogP contribution < -0.4 is 15.4 Å². The zero-order chi connectivity index (χ0) is 17.7. The van der Waals surface area contributed by atoms with Crippen LogP contribution in [0.2, 0.25) is 0 Å². The number of sulfonamides is 1. The minimum absolute atomic E-state index is 0.213. The van der Waals surface area contributed by atoms with Crippen LogP contribution in [0.5, 0.6) is 0 Å². The van der Waals surface area contributed by atoms with Crippen molar-refractivity contribution in [2.75, 3.05) is 13.1 Å². The van der Waals surface area contributed by atoms with E-state index in [4.69, 9.17) is 0 Å². The van der Waals surface area contributed by atoms with E-state index in [0.29, 0.717) is 6.54 Å². The first kappa shape index (κ1) is 18.8. The van der Waals surface area contributed by atoms with Crippen LogP contribution in [0.15, 0.2) is 29.2 Å². The molecule has 0 saturated carbocycles. The van der Waals surface area contributed by atoms with Gasteiger partial charge in [-0.2, -0.15) is 4.72 Å². The second-order valence-corrected chi connectivity index (χ2v) is 7.99. The Morgan fingerprint density at radius 1 is 1.38 bits per heavy atom. The Kier molecular flexibility index (Phi) is 6.31. The molecule has 0 radical (unpaired) electrons. The van der Waals surface area contributed by atoms with Gasteiger partial charge in [0.1, 0.15) is 16.8 Å². The summed E-state index contributed by atoms with van der Waals surface area (Å²) in [5, 5.41) is 6.03. The SMILES string of the molecule is CC(C)C(NS(=O)(=O)c1ccccc1F)C(=O)NCC1CCCN1. The molecule has 1 fully saturated rings. The molecular weight excluding hydrogens is 333 g/mol. The van der Waals surface area contributed by atoms with Crippen molar-refractivity contribution in [1.82, 2.24) is 15.4 Å². The highest BCUT2D eigenvalue weighted by Gasteiger charge is 2.30. The molecule has 8 heteroatoms. The van der Waals surface area contributed by atoms with Gasteiger partial charge in [-0.05, 0) is 37.4 Å². The lowest BCUT2D eigenvalue weighted by Crippen LogP contribution is -2.51. The molecule has 1 aromatic carbocycles. The molecule has 3 N–H and O–H groups in total. The number of hydrogen-bond acceptors (Lipinski definition) is 4. The van der Waals surface area contributed by atoms with Gasteiger partial charge in [0, 0.05) is 12.6 Å². The second kappa shape index (κ2) is 8.04. The lowest BCUT2D eigenvalue weighted by Gasteiger charge is -2.22. The lowest BCUT2D eigenvalue weighted by molar-refractivity contribution is -0.123. The van der Waals surface area contributed by atoms with E-state index in [-0.39, 0.29) is 12.0 Å². The summed E-state index contributed by atoms with van der Waals surface area (Å²) in [5.41, 5.74) is 0. The van der Waals surface area contributed by atoms with Crippen LogP contribution in [0.1, 0.15) is 26.7 Å². The molecule has 1 aromatic rings. The molecule has 0 aromatic heterocycles. The number of rotatable bonds is 7. The molecule has 2 rings (SSSR count). The summed E-state index contributed by atoms with van der Waals surface area (Å²) in [6.45, 7) is 4.85. The fourth-order valence-electron chi connectivity index (χ4n) is 2.65. The Balaban J connectivity index is 2.07. The highest BCUT2D eigenvalue weighted by molar-refractivity contribution is 7.89. The fourth-order valence-corrected chi connectivity index (χ4v) is 4.07. The molecular formula is C16H24FN3O3S. The Hall–Kier alpha value is -1.51. The lowest BCUT2D eigenvalue weighted by atomic mass is 10.0. The smallest absolute Gasteiger partial charge is 0.244 e. The Morgan fingerprint density at radius 3 is 2.67 bits per heavy atom. The van der Waals surface area contributed by atoms with E-state index < -0.39 is 32.7 Å². The van der Waals surface area contributed by atoms with Gasteiger partial charge >= 0.3 is 0 Å². The van der Waals surface area contributed by atoms with Crippen molar-refractivity contribution in [3.8, 4) is 0 Å². The van der Waals surface area contributed by atoms with Gasteiger partial charge in [-0.15, -0.1) is 0 Å². The van der Waals surface area contributed by atoms with Crippen LogP contribution >= 0.6 is 0 Å². The summed E-state index contributed by atoms with van der Waals surface area (Å²) in [5.74, 6) is -1.52. The van der Waals surface area contributed by atoms with Gasteiger partial charge in [-0.1, -0.05) is 26.0 Å². The molecule has 0 aliphatic carbocycles. The molecule has 134 valence electrons. The molecule has 2 atom stereocenters. The molecule has 0 spiro atoms. The second-order valence-electron chi connectivity index (χ2n) is 6.31. The molecule has 2 unspecified atom stereocenters. The number of halogens is 1. The average Bonchev–Trinajstić information content (AvgIpc) is 3.04. The molecule has 1 amide bonds.